The van der Waals surface area contributed by atoms with E-state index in [2.05, 4.69) is 27.5 Å². The van der Waals surface area contributed by atoms with Crippen molar-refractivity contribution in [1.82, 2.24) is 9.88 Å². The number of para-hydroxylation sites is 1. The van der Waals surface area contributed by atoms with Gasteiger partial charge in [-0.3, -0.25) is 4.98 Å². The predicted octanol–water partition coefficient (Wildman–Crippen LogP) is 5.47. The van der Waals surface area contributed by atoms with Crippen LogP contribution in [0.4, 0.5) is 17.1 Å². The molecule has 4 rings (SSSR count). The number of nitroso groups, excluding NO2 is 1. The number of likely N-dealkylation sites (N-methyl/N-ethyl adjacent to an activating group) is 1. The van der Waals surface area contributed by atoms with E-state index >= 15 is 0 Å². The van der Waals surface area contributed by atoms with E-state index in [4.69, 9.17) is 21.1 Å². The fraction of sp³-hybridized carbons (Fsp3) is 0.261. The second-order valence-corrected chi connectivity index (χ2v) is 7.95. The van der Waals surface area contributed by atoms with Crippen molar-refractivity contribution in [2.24, 2.45) is 5.29 Å². The molecule has 1 fully saturated rings. The van der Waals surface area contributed by atoms with Crippen LogP contribution >= 0.6 is 11.6 Å². The van der Waals surface area contributed by atoms with Crippen LogP contribution in [0, 0.1) is 4.91 Å². The highest BCUT2D eigenvalue weighted by molar-refractivity contribution is 6.32. The Labute approximate surface area is 191 Å². The highest BCUT2D eigenvalue weighted by Crippen LogP contribution is 2.38. The summed E-state index contributed by atoms with van der Waals surface area (Å²) in [5, 5.41) is 8.54. The smallest absolute Gasteiger partial charge is 0.180 e. The SMILES string of the molecule is COc1c(Cl)cccc1Oc1ccc(N(N=O)c2cnccc2NC2CCN(C)C2)cc1. The first kappa shape index (κ1) is 21.9. The fourth-order valence-electron chi connectivity index (χ4n) is 3.73. The number of rotatable bonds is 8. The van der Waals surface area contributed by atoms with E-state index in [9.17, 15) is 4.91 Å². The van der Waals surface area contributed by atoms with Crippen LogP contribution in [0.1, 0.15) is 6.42 Å². The fourth-order valence-corrected chi connectivity index (χ4v) is 3.97. The van der Waals surface area contributed by atoms with E-state index in [1.807, 2.05) is 6.07 Å². The van der Waals surface area contributed by atoms with Crippen molar-refractivity contribution >= 4 is 28.7 Å². The number of likely N-dealkylation sites (tertiary alicyclic amines) is 1. The highest BCUT2D eigenvalue weighted by atomic mass is 35.5. The van der Waals surface area contributed by atoms with Crippen LogP contribution in [0.5, 0.6) is 17.2 Å². The summed E-state index contributed by atoms with van der Waals surface area (Å²) in [5.74, 6) is 1.52. The molecule has 2 heterocycles. The first-order valence-corrected chi connectivity index (χ1v) is 10.6. The molecule has 1 saturated heterocycles. The maximum Gasteiger partial charge on any atom is 0.180 e. The minimum Gasteiger partial charge on any atom is -0.491 e. The number of hydrogen-bond acceptors (Lipinski definition) is 7. The molecule has 0 radical (unpaired) electrons. The molecule has 1 aliphatic heterocycles. The summed E-state index contributed by atoms with van der Waals surface area (Å²) in [6.07, 6.45) is 4.36. The Balaban J connectivity index is 1.55. The zero-order chi connectivity index (χ0) is 22.5. The van der Waals surface area contributed by atoms with Gasteiger partial charge < -0.3 is 19.7 Å². The van der Waals surface area contributed by atoms with E-state index < -0.39 is 0 Å². The molecule has 0 bridgehead atoms. The lowest BCUT2D eigenvalue weighted by atomic mass is 10.2. The largest absolute Gasteiger partial charge is 0.491 e. The van der Waals surface area contributed by atoms with E-state index in [1.165, 1.54) is 12.1 Å². The molecule has 1 atom stereocenters. The first-order valence-electron chi connectivity index (χ1n) is 10.2. The zero-order valence-electron chi connectivity index (χ0n) is 17.9. The normalized spacial score (nSPS) is 15.9. The molecular weight excluding hydrogens is 430 g/mol. The monoisotopic (exact) mass is 453 g/mol. The number of hydrogen-bond donors (Lipinski definition) is 1. The van der Waals surface area contributed by atoms with Crippen LogP contribution in [-0.4, -0.2) is 43.2 Å². The van der Waals surface area contributed by atoms with Crippen LogP contribution in [0.2, 0.25) is 5.02 Å². The Morgan fingerprint density at radius 1 is 1.22 bits per heavy atom. The molecule has 1 aromatic heterocycles. The van der Waals surface area contributed by atoms with Gasteiger partial charge in [0.25, 0.3) is 0 Å². The van der Waals surface area contributed by atoms with Crippen LogP contribution < -0.4 is 19.8 Å². The second kappa shape index (κ2) is 9.84. The van der Waals surface area contributed by atoms with E-state index in [-0.39, 0.29) is 0 Å². The van der Waals surface area contributed by atoms with Gasteiger partial charge in [0.15, 0.2) is 11.5 Å². The average Bonchev–Trinajstić information content (AvgIpc) is 3.21. The molecule has 1 aliphatic rings. The van der Waals surface area contributed by atoms with Crippen LogP contribution in [-0.2, 0) is 0 Å². The quantitative estimate of drug-likeness (QED) is 0.357. The number of benzene rings is 2. The minimum absolute atomic E-state index is 0.304. The number of methoxy groups -OCH3 is 1. The maximum absolute atomic E-state index is 11.8. The standard InChI is InChI=1S/C23H24ClN5O3/c1-28-13-11-16(15-28)26-20-10-12-25-14-21(20)29(27-30)17-6-8-18(9-7-17)32-22-5-3-4-19(24)23(22)31-2/h3-10,12,14,16H,11,13,15H2,1-2H3,(H,25,26). The number of ether oxygens (including phenoxy) is 2. The van der Waals surface area contributed by atoms with E-state index in [0.29, 0.717) is 39.7 Å². The highest BCUT2D eigenvalue weighted by Gasteiger charge is 2.22. The van der Waals surface area contributed by atoms with Crippen molar-refractivity contribution in [2.75, 3.05) is 37.6 Å². The van der Waals surface area contributed by atoms with Crippen LogP contribution in [0.25, 0.3) is 0 Å². The summed E-state index contributed by atoms with van der Waals surface area (Å²) in [5.41, 5.74) is 1.98. The summed E-state index contributed by atoms with van der Waals surface area (Å²) in [7, 11) is 3.63. The van der Waals surface area contributed by atoms with Gasteiger partial charge in [-0.25, -0.2) is 0 Å². The van der Waals surface area contributed by atoms with Crippen molar-refractivity contribution in [1.29, 1.82) is 0 Å². The average molecular weight is 454 g/mol. The van der Waals surface area contributed by atoms with E-state index in [1.54, 1.807) is 54.9 Å². The lowest BCUT2D eigenvalue weighted by Gasteiger charge is -2.22. The molecule has 8 nitrogen and oxygen atoms in total. The minimum atomic E-state index is 0.304. The van der Waals surface area contributed by atoms with Gasteiger partial charge in [0, 0.05) is 18.8 Å². The van der Waals surface area contributed by atoms with Crippen molar-refractivity contribution in [2.45, 2.75) is 12.5 Å². The number of pyridine rings is 1. The lowest BCUT2D eigenvalue weighted by molar-refractivity contribution is 0.379. The Bertz CT molecular complexity index is 1080. The van der Waals surface area contributed by atoms with Crippen LogP contribution in [0.15, 0.2) is 66.2 Å². The molecule has 1 N–H and O–H groups in total. The first-order chi connectivity index (χ1) is 15.6. The number of nitrogens with one attached hydrogen (secondary N) is 1. The summed E-state index contributed by atoms with van der Waals surface area (Å²) >= 11 is 6.16. The van der Waals surface area contributed by atoms with E-state index in [0.717, 1.165) is 25.2 Å². The summed E-state index contributed by atoms with van der Waals surface area (Å²) in [6, 6.07) is 14.5. The topological polar surface area (TPSA) is 79.3 Å². The van der Waals surface area contributed by atoms with Gasteiger partial charge in [-0.2, -0.15) is 5.01 Å². The van der Waals surface area contributed by atoms with Gasteiger partial charge in [-0.1, -0.05) is 17.7 Å². The van der Waals surface area contributed by atoms with Gasteiger partial charge in [0.05, 0.1) is 35.0 Å². The van der Waals surface area contributed by atoms with Crippen LogP contribution in [0.3, 0.4) is 0 Å². The third-order valence-electron chi connectivity index (χ3n) is 5.30. The Morgan fingerprint density at radius 2 is 2.03 bits per heavy atom. The number of nitrogens with zero attached hydrogens (tertiary/aromatic N) is 4. The van der Waals surface area contributed by atoms with Gasteiger partial charge >= 0.3 is 0 Å². The second-order valence-electron chi connectivity index (χ2n) is 7.55. The Hall–Kier alpha value is -3.36. The third-order valence-corrected chi connectivity index (χ3v) is 5.60. The summed E-state index contributed by atoms with van der Waals surface area (Å²) in [4.78, 5) is 18.2. The molecule has 0 amide bonds. The van der Waals surface area contributed by atoms with Crippen molar-refractivity contribution in [3.63, 3.8) is 0 Å². The third kappa shape index (κ3) is 4.76. The molecule has 0 spiro atoms. The number of aromatic nitrogens is 1. The molecule has 0 aliphatic carbocycles. The molecular formula is C23H24ClN5O3. The molecule has 9 heteroatoms. The van der Waals surface area contributed by atoms with Crippen molar-refractivity contribution < 1.29 is 9.47 Å². The predicted molar refractivity (Wildman–Crippen MR) is 126 cm³/mol. The number of halogens is 1. The Morgan fingerprint density at radius 3 is 2.72 bits per heavy atom. The molecule has 2 aromatic carbocycles. The lowest BCUT2D eigenvalue weighted by Crippen LogP contribution is -2.24. The molecule has 3 aromatic rings. The number of anilines is 3. The molecule has 166 valence electrons. The molecule has 1 unspecified atom stereocenters. The van der Waals surface area contributed by atoms with Crippen molar-refractivity contribution in [3.8, 4) is 17.2 Å². The van der Waals surface area contributed by atoms with Gasteiger partial charge in [0.1, 0.15) is 11.4 Å². The van der Waals surface area contributed by atoms with Gasteiger partial charge in [-0.15, -0.1) is 4.91 Å². The molecule has 0 saturated carbocycles. The summed E-state index contributed by atoms with van der Waals surface area (Å²) in [6.45, 7) is 1.97. The van der Waals surface area contributed by atoms with Gasteiger partial charge in [0.2, 0.25) is 0 Å². The Kier molecular flexibility index (Phi) is 6.72. The van der Waals surface area contributed by atoms with Crippen molar-refractivity contribution in [3.05, 3.63) is 70.9 Å². The summed E-state index contributed by atoms with van der Waals surface area (Å²) < 4.78 is 11.2. The maximum atomic E-state index is 11.8. The van der Waals surface area contributed by atoms with Gasteiger partial charge in [-0.05, 0) is 62.5 Å². The molecule has 32 heavy (non-hydrogen) atoms. The zero-order valence-corrected chi connectivity index (χ0v) is 18.6.